The van der Waals surface area contributed by atoms with Gasteiger partial charge in [0, 0.05) is 6.61 Å². The van der Waals surface area contributed by atoms with Gasteiger partial charge in [-0.2, -0.15) is 8.42 Å². The van der Waals surface area contributed by atoms with Crippen molar-refractivity contribution in [3.63, 3.8) is 0 Å². The molecule has 0 spiro atoms. The highest BCUT2D eigenvalue weighted by Gasteiger charge is 2.15. The van der Waals surface area contributed by atoms with Crippen molar-refractivity contribution < 1.29 is 26.9 Å². The molecule has 0 aromatic carbocycles. The van der Waals surface area contributed by atoms with E-state index < -0.39 is 15.7 Å². The van der Waals surface area contributed by atoms with Gasteiger partial charge in [-0.25, -0.2) is 0 Å². The summed E-state index contributed by atoms with van der Waals surface area (Å²) >= 11 is 0. The molecule has 0 unspecified atom stereocenters. The maximum Gasteiger partial charge on any atom is 0.308 e. The molecule has 7 heteroatoms. The van der Waals surface area contributed by atoms with Gasteiger partial charge in [0.15, 0.2) is 0 Å². The van der Waals surface area contributed by atoms with Crippen LogP contribution in [0.25, 0.3) is 0 Å². The zero-order valence-electron chi connectivity index (χ0n) is 11.4. The molecule has 0 aromatic heterocycles. The highest BCUT2D eigenvalue weighted by atomic mass is 32.2. The monoisotopic (exact) mass is 282 g/mol. The predicted octanol–water partition coefficient (Wildman–Crippen LogP) is 1.10. The molecule has 0 N–H and O–H groups in total. The molecule has 18 heavy (non-hydrogen) atoms. The maximum atomic E-state index is 11.3. The third-order valence-corrected chi connectivity index (χ3v) is 2.20. The van der Waals surface area contributed by atoms with Crippen molar-refractivity contribution >= 4 is 16.1 Å². The standard InChI is InChI=1S/C11H22O6S/c1-11(2,3)17-10(12)6-9-15-7-5-8-16-18(4,13)14/h5-9H2,1-4H3. The fraction of sp³-hybridized carbons (Fsp3) is 0.909. The van der Waals surface area contributed by atoms with Crippen LogP contribution in [0.3, 0.4) is 0 Å². The largest absolute Gasteiger partial charge is 0.460 e. The summed E-state index contributed by atoms with van der Waals surface area (Å²) in [5.74, 6) is -0.310. The lowest BCUT2D eigenvalue weighted by molar-refractivity contribution is -0.156. The van der Waals surface area contributed by atoms with E-state index in [1.165, 1.54) is 0 Å². The van der Waals surface area contributed by atoms with Crippen LogP contribution in [0.1, 0.15) is 33.6 Å². The van der Waals surface area contributed by atoms with Crippen LogP contribution in [0.2, 0.25) is 0 Å². The molecule has 108 valence electrons. The lowest BCUT2D eigenvalue weighted by Crippen LogP contribution is -2.24. The maximum absolute atomic E-state index is 11.3. The van der Waals surface area contributed by atoms with Crippen LogP contribution in [0, 0.1) is 0 Å². The van der Waals surface area contributed by atoms with Gasteiger partial charge in [-0.3, -0.25) is 8.98 Å². The van der Waals surface area contributed by atoms with Crippen molar-refractivity contribution in [2.75, 3.05) is 26.1 Å². The number of carbonyl (C=O) groups excluding carboxylic acids is 1. The Labute approximate surface area is 109 Å². The number of hydrogen-bond donors (Lipinski definition) is 0. The molecule has 0 saturated heterocycles. The summed E-state index contributed by atoms with van der Waals surface area (Å²) in [6, 6.07) is 0. The van der Waals surface area contributed by atoms with Crippen molar-refractivity contribution in [1.82, 2.24) is 0 Å². The summed E-state index contributed by atoms with van der Waals surface area (Å²) in [5, 5.41) is 0. The van der Waals surface area contributed by atoms with E-state index in [0.29, 0.717) is 13.0 Å². The molecular formula is C11H22O6S. The van der Waals surface area contributed by atoms with Gasteiger partial charge in [0.2, 0.25) is 0 Å². The Balaban J connectivity index is 3.44. The van der Waals surface area contributed by atoms with E-state index in [1.54, 1.807) is 20.8 Å². The van der Waals surface area contributed by atoms with E-state index in [0.717, 1.165) is 6.26 Å². The number of carbonyl (C=O) groups is 1. The predicted molar refractivity (Wildman–Crippen MR) is 66.7 cm³/mol. The first-order chi connectivity index (χ1) is 8.10. The smallest absolute Gasteiger partial charge is 0.308 e. The molecule has 0 saturated carbocycles. The second kappa shape index (κ2) is 7.70. The topological polar surface area (TPSA) is 78.9 Å². The molecule has 6 nitrogen and oxygen atoms in total. The molecule has 0 aliphatic carbocycles. The van der Waals surface area contributed by atoms with Crippen LogP contribution in [0.5, 0.6) is 0 Å². The average Bonchev–Trinajstić information content (AvgIpc) is 2.11. The summed E-state index contributed by atoms with van der Waals surface area (Å²) in [4.78, 5) is 11.3. The van der Waals surface area contributed by atoms with Crippen molar-refractivity contribution in [3.05, 3.63) is 0 Å². The Morgan fingerprint density at radius 2 is 1.72 bits per heavy atom. The minimum Gasteiger partial charge on any atom is -0.460 e. The third kappa shape index (κ3) is 13.4. The van der Waals surface area contributed by atoms with Gasteiger partial charge in [0.05, 0.1) is 25.9 Å². The summed E-state index contributed by atoms with van der Waals surface area (Å²) in [5.41, 5.74) is -0.486. The normalized spacial score (nSPS) is 12.4. The summed E-state index contributed by atoms with van der Waals surface area (Å²) in [7, 11) is -3.38. The van der Waals surface area contributed by atoms with Crippen LogP contribution < -0.4 is 0 Å². The second-order valence-corrected chi connectivity index (χ2v) is 6.47. The number of rotatable bonds is 8. The molecule has 0 heterocycles. The van der Waals surface area contributed by atoms with Crippen LogP contribution in [0.4, 0.5) is 0 Å². The number of ether oxygens (including phenoxy) is 2. The molecule has 0 fully saturated rings. The number of esters is 1. The van der Waals surface area contributed by atoms with Crippen molar-refractivity contribution in [2.45, 2.75) is 39.2 Å². The van der Waals surface area contributed by atoms with Gasteiger partial charge in [-0.05, 0) is 27.2 Å². The molecular weight excluding hydrogens is 260 g/mol. The molecule has 0 aliphatic rings. The Morgan fingerprint density at radius 3 is 2.22 bits per heavy atom. The molecule has 0 amide bonds. The lowest BCUT2D eigenvalue weighted by Gasteiger charge is -2.19. The Kier molecular flexibility index (Phi) is 7.42. The van der Waals surface area contributed by atoms with E-state index >= 15 is 0 Å². The lowest BCUT2D eigenvalue weighted by atomic mass is 10.2. The van der Waals surface area contributed by atoms with Gasteiger partial charge in [0.25, 0.3) is 10.1 Å². The fourth-order valence-electron chi connectivity index (χ4n) is 1.02. The first-order valence-electron chi connectivity index (χ1n) is 5.74. The highest BCUT2D eigenvalue weighted by molar-refractivity contribution is 7.85. The quantitative estimate of drug-likeness (QED) is 0.377. The average molecular weight is 282 g/mol. The Morgan fingerprint density at radius 1 is 1.11 bits per heavy atom. The van der Waals surface area contributed by atoms with Crippen molar-refractivity contribution in [1.29, 1.82) is 0 Å². The van der Waals surface area contributed by atoms with Crippen LogP contribution in [-0.4, -0.2) is 46.1 Å². The van der Waals surface area contributed by atoms with Crippen molar-refractivity contribution in [3.8, 4) is 0 Å². The molecule has 0 bridgehead atoms. The molecule has 0 aromatic rings. The van der Waals surface area contributed by atoms with Crippen LogP contribution in [0.15, 0.2) is 0 Å². The first-order valence-corrected chi connectivity index (χ1v) is 7.56. The van der Waals surface area contributed by atoms with Crippen LogP contribution >= 0.6 is 0 Å². The molecule has 0 aliphatic heterocycles. The summed E-state index contributed by atoms with van der Waals surface area (Å²) in [6.45, 7) is 6.09. The summed E-state index contributed by atoms with van der Waals surface area (Å²) < 4.78 is 36.0. The molecule has 0 atom stereocenters. The van der Waals surface area contributed by atoms with Gasteiger partial charge < -0.3 is 9.47 Å². The van der Waals surface area contributed by atoms with E-state index in [4.69, 9.17) is 9.47 Å². The zero-order valence-corrected chi connectivity index (χ0v) is 12.2. The van der Waals surface area contributed by atoms with Gasteiger partial charge in [-0.15, -0.1) is 0 Å². The van der Waals surface area contributed by atoms with E-state index in [-0.39, 0.29) is 25.6 Å². The first kappa shape index (κ1) is 17.3. The van der Waals surface area contributed by atoms with Crippen LogP contribution in [-0.2, 0) is 28.6 Å². The van der Waals surface area contributed by atoms with E-state index in [1.807, 2.05) is 0 Å². The number of hydrogen-bond acceptors (Lipinski definition) is 6. The zero-order chi connectivity index (χ0) is 14.2. The summed E-state index contributed by atoms with van der Waals surface area (Å²) in [6.07, 6.45) is 1.64. The van der Waals surface area contributed by atoms with E-state index in [2.05, 4.69) is 4.18 Å². The molecule has 0 rings (SSSR count). The van der Waals surface area contributed by atoms with Gasteiger partial charge >= 0.3 is 5.97 Å². The minimum atomic E-state index is -3.38. The third-order valence-electron chi connectivity index (χ3n) is 1.60. The fourth-order valence-corrected chi connectivity index (χ4v) is 1.44. The minimum absolute atomic E-state index is 0.0886. The Hall–Kier alpha value is -0.660. The highest BCUT2D eigenvalue weighted by Crippen LogP contribution is 2.08. The second-order valence-electron chi connectivity index (χ2n) is 4.83. The van der Waals surface area contributed by atoms with Gasteiger partial charge in [0.1, 0.15) is 5.60 Å². The Bertz CT molecular complexity index is 341. The van der Waals surface area contributed by atoms with Gasteiger partial charge in [-0.1, -0.05) is 0 Å². The molecule has 0 radical (unpaired) electrons. The van der Waals surface area contributed by atoms with E-state index in [9.17, 15) is 13.2 Å². The van der Waals surface area contributed by atoms with Crippen molar-refractivity contribution in [2.24, 2.45) is 0 Å². The SMILES string of the molecule is CC(C)(C)OC(=O)CCOCCCOS(C)(=O)=O.